The van der Waals surface area contributed by atoms with Crippen LogP contribution in [-0.4, -0.2) is 36.5 Å². The fourth-order valence-electron chi connectivity index (χ4n) is 1.95. The Hall–Kier alpha value is -0.870. The summed E-state index contributed by atoms with van der Waals surface area (Å²) < 4.78 is 0.992. The van der Waals surface area contributed by atoms with Crippen LogP contribution >= 0.6 is 15.9 Å². The van der Waals surface area contributed by atoms with E-state index in [1.165, 1.54) is 0 Å². The lowest BCUT2D eigenvalue weighted by Crippen LogP contribution is -2.58. The van der Waals surface area contributed by atoms with Crippen molar-refractivity contribution in [2.75, 3.05) is 19.6 Å². The van der Waals surface area contributed by atoms with Gasteiger partial charge in [-0.3, -0.25) is 4.79 Å². The van der Waals surface area contributed by atoms with Crippen molar-refractivity contribution >= 4 is 21.8 Å². The van der Waals surface area contributed by atoms with Gasteiger partial charge in [0.25, 0.3) is 5.91 Å². The number of hydrogen-bond acceptors (Lipinski definition) is 2. The van der Waals surface area contributed by atoms with Crippen LogP contribution < -0.4 is 5.32 Å². The number of carbonyl (C=O) groups excluding carboxylic acids is 1. The summed E-state index contributed by atoms with van der Waals surface area (Å²) in [4.78, 5) is 14.3. The third kappa shape index (κ3) is 2.53. The maximum absolute atomic E-state index is 12.4. The molecule has 0 radical (unpaired) electrons. The molecule has 0 atom stereocenters. The van der Waals surface area contributed by atoms with Gasteiger partial charge in [-0.25, -0.2) is 0 Å². The maximum Gasteiger partial charge on any atom is 0.254 e. The standard InChI is InChI=1S/C13H17BrN2O/c1-3-16(11-7-15-8-11)13(17)10-5-4-9(2)12(14)6-10/h4-6,11,15H,3,7-8H2,1-2H3. The van der Waals surface area contributed by atoms with Crippen LogP contribution in [-0.2, 0) is 0 Å². The van der Waals surface area contributed by atoms with E-state index >= 15 is 0 Å². The number of rotatable bonds is 3. The highest BCUT2D eigenvalue weighted by molar-refractivity contribution is 9.10. The monoisotopic (exact) mass is 296 g/mol. The second-order valence-electron chi connectivity index (χ2n) is 4.37. The molecule has 1 N–H and O–H groups in total. The second-order valence-corrected chi connectivity index (χ2v) is 5.22. The fraction of sp³-hybridized carbons (Fsp3) is 0.462. The lowest BCUT2D eigenvalue weighted by molar-refractivity contribution is 0.0630. The van der Waals surface area contributed by atoms with Gasteiger partial charge in [-0.15, -0.1) is 0 Å². The topological polar surface area (TPSA) is 32.3 Å². The van der Waals surface area contributed by atoms with Crippen molar-refractivity contribution in [3.8, 4) is 0 Å². The van der Waals surface area contributed by atoms with Crippen molar-refractivity contribution in [2.45, 2.75) is 19.9 Å². The molecule has 2 rings (SSSR count). The molecule has 1 aliphatic heterocycles. The summed E-state index contributed by atoms with van der Waals surface area (Å²) in [7, 11) is 0. The van der Waals surface area contributed by atoms with E-state index in [1.54, 1.807) is 0 Å². The molecule has 0 unspecified atom stereocenters. The number of benzene rings is 1. The molecule has 0 bridgehead atoms. The molecule has 92 valence electrons. The molecule has 0 saturated carbocycles. The predicted octanol–water partition coefficient (Wildman–Crippen LogP) is 2.19. The zero-order valence-electron chi connectivity index (χ0n) is 10.2. The van der Waals surface area contributed by atoms with Crippen molar-refractivity contribution in [1.29, 1.82) is 0 Å². The van der Waals surface area contributed by atoms with Crippen LogP contribution in [0.25, 0.3) is 0 Å². The highest BCUT2D eigenvalue weighted by Gasteiger charge is 2.27. The van der Waals surface area contributed by atoms with Gasteiger partial charge < -0.3 is 10.2 Å². The third-order valence-electron chi connectivity index (χ3n) is 3.22. The van der Waals surface area contributed by atoms with Crippen LogP contribution in [0.1, 0.15) is 22.8 Å². The Morgan fingerprint density at radius 3 is 2.71 bits per heavy atom. The van der Waals surface area contributed by atoms with Crippen LogP contribution in [0.2, 0.25) is 0 Å². The van der Waals surface area contributed by atoms with Crippen LogP contribution in [0.3, 0.4) is 0 Å². The Balaban J connectivity index is 2.19. The van der Waals surface area contributed by atoms with Gasteiger partial charge in [-0.05, 0) is 31.5 Å². The molecule has 0 aromatic heterocycles. The van der Waals surface area contributed by atoms with E-state index in [2.05, 4.69) is 21.2 Å². The molecule has 1 aromatic rings. The van der Waals surface area contributed by atoms with Gasteiger partial charge in [0.05, 0.1) is 6.04 Å². The largest absolute Gasteiger partial charge is 0.333 e. The quantitative estimate of drug-likeness (QED) is 0.927. The van der Waals surface area contributed by atoms with Crippen LogP contribution in [0, 0.1) is 6.92 Å². The average Bonchev–Trinajstić information content (AvgIpc) is 2.26. The molecule has 17 heavy (non-hydrogen) atoms. The lowest BCUT2D eigenvalue weighted by atomic mass is 10.1. The predicted molar refractivity (Wildman–Crippen MR) is 72.2 cm³/mol. The van der Waals surface area contributed by atoms with E-state index in [0.717, 1.165) is 35.2 Å². The van der Waals surface area contributed by atoms with Crippen molar-refractivity contribution in [2.24, 2.45) is 0 Å². The first kappa shape index (κ1) is 12.6. The minimum Gasteiger partial charge on any atom is -0.333 e. The van der Waals surface area contributed by atoms with E-state index in [0.29, 0.717) is 6.04 Å². The Labute approximate surface area is 110 Å². The molecular weight excluding hydrogens is 280 g/mol. The third-order valence-corrected chi connectivity index (χ3v) is 4.08. The Morgan fingerprint density at radius 1 is 1.53 bits per heavy atom. The minimum absolute atomic E-state index is 0.125. The fourth-order valence-corrected chi connectivity index (χ4v) is 2.33. The molecule has 0 aliphatic carbocycles. The number of nitrogens with one attached hydrogen (secondary N) is 1. The minimum atomic E-state index is 0.125. The van der Waals surface area contributed by atoms with E-state index < -0.39 is 0 Å². The number of aryl methyl sites for hydroxylation is 1. The summed E-state index contributed by atoms with van der Waals surface area (Å²) in [5.41, 5.74) is 1.91. The van der Waals surface area contributed by atoms with Gasteiger partial charge in [0.1, 0.15) is 0 Å². The number of carbonyl (C=O) groups is 1. The van der Waals surface area contributed by atoms with Crippen molar-refractivity contribution in [3.63, 3.8) is 0 Å². The van der Waals surface area contributed by atoms with Gasteiger partial charge in [0.15, 0.2) is 0 Å². The van der Waals surface area contributed by atoms with E-state index in [9.17, 15) is 4.79 Å². The first-order chi connectivity index (χ1) is 8.13. The van der Waals surface area contributed by atoms with E-state index in [4.69, 9.17) is 0 Å². The number of nitrogens with zero attached hydrogens (tertiary/aromatic N) is 1. The summed E-state index contributed by atoms with van der Waals surface area (Å²) in [5.74, 6) is 0.125. The first-order valence-electron chi connectivity index (χ1n) is 5.91. The van der Waals surface area contributed by atoms with Crippen LogP contribution in [0.5, 0.6) is 0 Å². The Bertz CT molecular complexity index is 429. The molecular formula is C13H17BrN2O. The summed E-state index contributed by atoms with van der Waals surface area (Å²) in [6, 6.07) is 6.14. The molecule has 4 heteroatoms. The zero-order valence-corrected chi connectivity index (χ0v) is 11.8. The molecule has 1 amide bonds. The average molecular weight is 297 g/mol. The highest BCUT2D eigenvalue weighted by atomic mass is 79.9. The smallest absolute Gasteiger partial charge is 0.254 e. The van der Waals surface area contributed by atoms with Crippen molar-refractivity contribution in [1.82, 2.24) is 10.2 Å². The Morgan fingerprint density at radius 2 is 2.24 bits per heavy atom. The summed E-state index contributed by atoms with van der Waals surface area (Å²) >= 11 is 3.47. The van der Waals surface area contributed by atoms with Gasteiger partial charge in [0.2, 0.25) is 0 Å². The molecule has 0 spiro atoms. The van der Waals surface area contributed by atoms with Crippen LogP contribution in [0.15, 0.2) is 22.7 Å². The van der Waals surface area contributed by atoms with Gasteiger partial charge in [0, 0.05) is 29.7 Å². The molecule has 1 heterocycles. The number of amides is 1. The van der Waals surface area contributed by atoms with Crippen LogP contribution in [0.4, 0.5) is 0 Å². The number of halogens is 1. The summed E-state index contributed by atoms with van der Waals surface area (Å²) in [5, 5.41) is 3.20. The van der Waals surface area contributed by atoms with E-state index in [1.807, 2.05) is 36.9 Å². The molecule has 3 nitrogen and oxygen atoms in total. The molecule has 1 aliphatic rings. The SMILES string of the molecule is CCN(C(=O)c1ccc(C)c(Br)c1)C1CNC1. The number of hydrogen-bond donors (Lipinski definition) is 1. The Kier molecular flexibility index (Phi) is 3.84. The summed E-state index contributed by atoms with van der Waals surface area (Å²) in [6.07, 6.45) is 0. The normalized spacial score (nSPS) is 15.5. The highest BCUT2D eigenvalue weighted by Crippen LogP contribution is 2.19. The zero-order chi connectivity index (χ0) is 12.4. The number of likely N-dealkylation sites (N-methyl/N-ethyl adjacent to an activating group) is 1. The second kappa shape index (κ2) is 5.19. The van der Waals surface area contributed by atoms with Gasteiger partial charge in [-0.1, -0.05) is 22.0 Å². The first-order valence-corrected chi connectivity index (χ1v) is 6.70. The van der Waals surface area contributed by atoms with Crippen molar-refractivity contribution in [3.05, 3.63) is 33.8 Å². The van der Waals surface area contributed by atoms with Gasteiger partial charge in [-0.2, -0.15) is 0 Å². The molecule has 1 saturated heterocycles. The van der Waals surface area contributed by atoms with E-state index in [-0.39, 0.29) is 5.91 Å². The van der Waals surface area contributed by atoms with Gasteiger partial charge >= 0.3 is 0 Å². The molecule has 1 aromatic carbocycles. The maximum atomic E-state index is 12.4. The van der Waals surface area contributed by atoms with Crippen molar-refractivity contribution < 1.29 is 4.79 Å². The lowest BCUT2D eigenvalue weighted by Gasteiger charge is -2.37. The molecule has 1 fully saturated rings. The summed E-state index contributed by atoms with van der Waals surface area (Å²) in [6.45, 7) is 6.63.